The molecule has 0 bridgehead atoms. The van der Waals surface area contributed by atoms with Crippen LogP contribution < -0.4 is 10.6 Å². The molecule has 4 nitrogen and oxygen atoms in total. The van der Waals surface area contributed by atoms with E-state index in [-0.39, 0.29) is 6.04 Å². The average molecular weight is 342 g/mol. The molecule has 25 heavy (non-hydrogen) atoms. The van der Waals surface area contributed by atoms with E-state index in [4.69, 9.17) is 5.11 Å². The molecule has 2 saturated carbocycles. The van der Waals surface area contributed by atoms with Crippen molar-refractivity contribution in [1.82, 2.24) is 10.6 Å². The Morgan fingerprint density at radius 2 is 1.92 bits per heavy atom. The van der Waals surface area contributed by atoms with Crippen LogP contribution in [0.5, 0.6) is 0 Å². The maximum absolute atomic E-state index is 10.7. The molecule has 2 fully saturated rings. The number of hydrogen-bond acceptors (Lipinski definition) is 2. The van der Waals surface area contributed by atoms with Crippen LogP contribution in [0.25, 0.3) is 6.08 Å². The van der Waals surface area contributed by atoms with Crippen LogP contribution in [-0.4, -0.2) is 29.8 Å². The van der Waals surface area contributed by atoms with E-state index in [0.717, 1.165) is 38.6 Å². The van der Waals surface area contributed by atoms with Crippen LogP contribution in [0.2, 0.25) is 0 Å². The largest absolute Gasteiger partial charge is 0.465 e. The molecule has 2 unspecified atom stereocenters. The third-order valence-corrected chi connectivity index (χ3v) is 5.67. The van der Waals surface area contributed by atoms with Crippen molar-refractivity contribution < 1.29 is 9.90 Å². The van der Waals surface area contributed by atoms with Gasteiger partial charge in [0, 0.05) is 12.1 Å². The van der Waals surface area contributed by atoms with Crippen LogP contribution in [0.1, 0.15) is 51.0 Å². The highest BCUT2D eigenvalue weighted by Gasteiger charge is 2.39. The van der Waals surface area contributed by atoms with Crippen LogP contribution in [0.3, 0.4) is 0 Å². The Hall–Kier alpha value is -1.81. The summed E-state index contributed by atoms with van der Waals surface area (Å²) in [6.45, 7) is 3.32. The number of carboxylic acid groups (broad SMARTS) is 1. The zero-order valence-electron chi connectivity index (χ0n) is 15.1. The minimum absolute atomic E-state index is 0.155. The lowest BCUT2D eigenvalue weighted by Gasteiger charge is -2.28. The fourth-order valence-corrected chi connectivity index (χ4v) is 4.07. The molecule has 2 aliphatic rings. The first kappa shape index (κ1) is 18.0. The van der Waals surface area contributed by atoms with E-state index in [1.54, 1.807) is 5.57 Å². The van der Waals surface area contributed by atoms with Crippen molar-refractivity contribution in [2.24, 2.45) is 11.8 Å². The van der Waals surface area contributed by atoms with Gasteiger partial charge in [-0.25, -0.2) is 4.79 Å². The molecule has 0 aromatic heterocycles. The summed E-state index contributed by atoms with van der Waals surface area (Å²) in [7, 11) is 0. The van der Waals surface area contributed by atoms with Gasteiger partial charge in [0.15, 0.2) is 0 Å². The van der Waals surface area contributed by atoms with Gasteiger partial charge in [0.05, 0.1) is 0 Å². The molecular formula is C21H30N2O2. The van der Waals surface area contributed by atoms with E-state index >= 15 is 0 Å². The minimum atomic E-state index is -0.889. The number of carbonyl (C=O) groups is 1. The first-order valence-electron chi connectivity index (χ1n) is 9.64. The summed E-state index contributed by atoms with van der Waals surface area (Å²) >= 11 is 0. The monoisotopic (exact) mass is 342 g/mol. The Morgan fingerprint density at radius 1 is 1.20 bits per heavy atom. The van der Waals surface area contributed by atoms with Crippen molar-refractivity contribution in [3.05, 3.63) is 41.5 Å². The Balaban J connectivity index is 1.41. The molecular weight excluding hydrogens is 312 g/mol. The van der Waals surface area contributed by atoms with Crippen LogP contribution in [-0.2, 0) is 0 Å². The van der Waals surface area contributed by atoms with Crippen LogP contribution >= 0.6 is 0 Å². The summed E-state index contributed by atoms with van der Waals surface area (Å²) < 4.78 is 0. The number of rotatable bonds is 7. The molecule has 136 valence electrons. The second-order valence-corrected chi connectivity index (χ2v) is 7.51. The second-order valence-electron chi connectivity index (χ2n) is 7.51. The first-order valence-corrected chi connectivity index (χ1v) is 9.64. The Morgan fingerprint density at radius 3 is 2.56 bits per heavy atom. The highest BCUT2D eigenvalue weighted by atomic mass is 16.4. The summed E-state index contributed by atoms with van der Waals surface area (Å²) in [6.07, 6.45) is 8.02. The van der Waals surface area contributed by atoms with Gasteiger partial charge in [-0.1, -0.05) is 48.9 Å². The van der Waals surface area contributed by atoms with Gasteiger partial charge in [0.25, 0.3) is 0 Å². The van der Waals surface area contributed by atoms with Gasteiger partial charge in [-0.2, -0.15) is 0 Å². The molecule has 0 radical (unpaired) electrons. The minimum Gasteiger partial charge on any atom is -0.465 e. The number of benzene rings is 1. The third kappa shape index (κ3) is 5.33. The number of hydrogen-bond donors (Lipinski definition) is 3. The standard InChI is InChI=1S/C21H30N2O2/c1-2-17(12-15-6-4-3-5-7-15)19-13-20(19)22-14-16-8-10-18(11-9-16)23-21(24)25/h3-7,12,16,18-20,22-23H,2,8-11,13-14H2,1H3,(H,24,25)/b17-12+. The zero-order valence-corrected chi connectivity index (χ0v) is 15.1. The molecule has 1 aromatic rings. The van der Waals surface area contributed by atoms with Crippen LogP contribution in [0.15, 0.2) is 35.9 Å². The molecule has 0 spiro atoms. The van der Waals surface area contributed by atoms with Crippen molar-refractivity contribution in [2.75, 3.05) is 6.54 Å². The van der Waals surface area contributed by atoms with Crippen molar-refractivity contribution in [3.8, 4) is 0 Å². The molecule has 4 heteroatoms. The molecule has 0 aliphatic heterocycles. The lowest BCUT2D eigenvalue weighted by Crippen LogP contribution is -2.38. The predicted molar refractivity (Wildman–Crippen MR) is 102 cm³/mol. The van der Waals surface area contributed by atoms with Gasteiger partial charge in [0.1, 0.15) is 0 Å². The SMILES string of the molecule is CC/C(=C\c1ccccc1)C1CC1NCC1CCC(NC(=O)O)CC1. The molecule has 1 amide bonds. The van der Waals surface area contributed by atoms with Crippen LogP contribution in [0, 0.1) is 11.8 Å². The smallest absolute Gasteiger partial charge is 0.404 e. The van der Waals surface area contributed by atoms with Gasteiger partial charge in [-0.3, -0.25) is 0 Å². The van der Waals surface area contributed by atoms with Crippen molar-refractivity contribution >= 4 is 12.2 Å². The average Bonchev–Trinajstić information content (AvgIpc) is 3.39. The van der Waals surface area contributed by atoms with Crippen molar-refractivity contribution in [3.63, 3.8) is 0 Å². The summed E-state index contributed by atoms with van der Waals surface area (Å²) in [5.74, 6) is 1.38. The molecule has 2 atom stereocenters. The van der Waals surface area contributed by atoms with Crippen molar-refractivity contribution in [2.45, 2.75) is 57.5 Å². The van der Waals surface area contributed by atoms with E-state index < -0.39 is 6.09 Å². The predicted octanol–water partition coefficient (Wildman–Crippen LogP) is 4.28. The molecule has 0 saturated heterocycles. The topological polar surface area (TPSA) is 61.4 Å². The van der Waals surface area contributed by atoms with E-state index in [1.807, 2.05) is 0 Å². The van der Waals surface area contributed by atoms with Gasteiger partial charge < -0.3 is 15.7 Å². The summed E-state index contributed by atoms with van der Waals surface area (Å²) in [5.41, 5.74) is 2.85. The number of nitrogens with one attached hydrogen (secondary N) is 2. The van der Waals surface area contributed by atoms with E-state index in [9.17, 15) is 4.79 Å². The molecule has 0 heterocycles. The van der Waals surface area contributed by atoms with E-state index in [0.29, 0.717) is 17.9 Å². The van der Waals surface area contributed by atoms with Gasteiger partial charge in [-0.15, -0.1) is 0 Å². The van der Waals surface area contributed by atoms with Crippen molar-refractivity contribution in [1.29, 1.82) is 0 Å². The van der Waals surface area contributed by atoms with E-state index in [1.165, 1.54) is 12.0 Å². The molecule has 1 aromatic carbocycles. The fraction of sp³-hybridized carbons (Fsp3) is 0.571. The highest BCUT2D eigenvalue weighted by molar-refractivity contribution is 5.64. The third-order valence-electron chi connectivity index (χ3n) is 5.67. The lowest BCUT2D eigenvalue weighted by molar-refractivity contribution is 0.182. The molecule has 3 N–H and O–H groups in total. The summed E-state index contributed by atoms with van der Waals surface area (Å²) in [5, 5.41) is 15.2. The van der Waals surface area contributed by atoms with Gasteiger partial charge in [0.2, 0.25) is 0 Å². The zero-order chi connectivity index (χ0) is 17.6. The maximum Gasteiger partial charge on any atom is 0.404 e. The maximum atomic E-state index is 10.7. The summed E-state index contributed by atoms with van der Waals surface area (Å²) in [4.78, 5) is 10.7. The molecule has 3 rings (SSSR count). The quantitative estimate of drug-likeness (QED) is 0.693. The number of amides is 1. The fourth-order valence-electron chi connectivity index (χ4n) is 4.07. The van der Waals surface area contributed by atoms with Crippen LogP contribution in [0.4, 0.5) is 4.79 Å². The van der Waals surface area contributed by atoms with E-state index in [2.05, 4.69) is 54.0 Å². The Bertz CT molecular complexity index is 591. The molecule has 2 aliphatic carbocycles. The Kier molecular flexibility index (Phi) is 6.14. The second kappa shape index (κ2) is 8.52. The van der Waals surface area contributed by atoms with Gasteiger partial charge >= 0.3 is 6.09 Å². The van der Waals surface area contributed by atoms with Gasteiger partial charge in [-0.05, 0) is 62.5 Å². The first-order chi connectivity index (χ1) is 12.2. The lowest BCUT2D eigenvalue weighted by atomic mass is 9.86. The Labute approximate surface area is 150 Å². The highest BCUT2D eigenvalue weighted by Crippen LogP contribution is 2.40. The summed E-state index contributed by atoms with van der Waals surface area (Å²) in [6, 6.07) is 11.4. The normalized spacial score (nSPS) is 29.2.